The lowest BCUT2D eigenvalue weighted by Crippen LogP contribution is -2.08. The van der Waals surface area contributed by atoms with E-state index in [0.717, 1.165) is 22.9 Å². The Kier molecular flexibility index (Phi) is 2.16. The van der Waals surface area contributed by atoms with Crippen LogP contribution < -0.4 is 0 Å². The quantitative estimate of drug-likeness (QED) is 0.758. The lowest BCUT2D eigenvalue weighted by molar-refractivity contribution is 0.353. The molecule has 1 aromatic carbocycles. The van der Waals surface area contributed by atoms with Crippen molar-refractivity contribution in [1.82, 2.24) is 5.16 Å². The van der Waals surface area contributed by atoms with Gasteiger partial charge in [-0.15, -0.1) is 0 Å². The fraction of sp³-hybridized carbons (Fsp3) is 0.500. The minimum absolute atomic E-state index is 0.161. The molecular weight excluding hydrogens is 250 g/mol. The van der Waals surface area contributed by atoms with Gasteiger partial charge in [-0.25, -0.2) is 0 Å². The number of benzene rings is 1. The Morgan fingerprint density at radius 3 is 2.89 bits per heavy atom. The van der Waals surface area contributed by atoms with Crippen LogP contribution in [0.4, 0.5) is 0 Å². The number of nitrogens with zero attached hydrogens (tertiary/aromatic N) is 1. The lowest BCUT2D eigenvalue weighted by Gasteiger charge is -2.19. The molecule has 3 atom stereocenters. The molecule has 2 aliphatic rings. The summed E-state index contributed by atoms with van der Waals surface area (Å²) in [6.07, 6.45) is 5.20. The van der Waals surface area contributed by atoms with Crippen molar-refractivity contribution in [3.05, 3.63) is 22.8 Å². The van der Waals surface area contributed by atoms with Crippen LogP contribution in [0.25, 0.3) is 11.0 Å². The van der Waals surface area contributed by atoms with Gasteiger partial charge in [0.2, 0.25) is 5.75 Å². The zero-order chi connectivity index (χ0) is 12.3. The van der Waals surface area contributed by atoms with Crippen molar-refractivity contribution in [2.45, 2.75) is 31.6 Å². The van der Waals surface area contributed by atoms with Gasteiger partial charge in [0.1, 0.15) is 5.02 Å². The highest BCUT2D eigenvalue weighted by Crippen LogP contribution is 2.54. The van der Waals surface area contributed by atoms with Gasteiger partial charge in [0.15, 0.2) is 5.58 Å². The van der Waals surface area contributed by atoms with E-state index in [2.05, 4.69) is 5.16 Å². The molecule has 2 aliphatic carbocycles. The van der Waals surface area contributed by atoms with Gasteiger partial charge in [-0.2, -0.15) is 0 Å². The molecule has 1 radical (unpaired) electrons. The van der Waals surface area contributed by atoms with Crippen LogP contribution in [-0.4, -0.2) is 5.16 Å². The fourth-order valence-corrected chi connectivity index (χ4v) is 4.02. The van der Waals surface area contributed by atoms with Crippen LogP contribution in [0.1, 0.15) is 37.3 Å². The zero-order valence-electron chi connectivity index (χ0n) is 9.86. The van der Waals surface area contributed by atoms with Gasteiger partial charge < -0.3 is 4.52 Å². The summed E-state index contributed by atoms with van der Waals surface area (Å²) >= 11 is 5.98. The molecule has 4 rings (SSSR count). The van der Waals surface area contributed by atoms with Gasteiger partial charge in [-0.3, -0.25) is 5.11 Å². The minimum atomic E-state index is -0.195. The second-order valence-corrected chi connectivity index (χ2v) is 5.98. The summed E-state index contributed by atoms with van der Waals surface area (Å²) in [7, 11) is 0. The Bertz CT molecular complexity index is 622. The summed E-state index contributed by atoms with van der Waals surface area (Å²) < 4.78 is 5.30. The smallest absolute Gasteiger partial charge is 0.201 e. The first-order valence-electron chi connectivity index (χ1n) is 6.49. The summed E-state index contributed by atoms with van der Waals surface area (Å²) in [6, 6.07) is 3.32. The third kappa shape index (κ3) is 1.34. The fourth-order valence-electron chi connectivity index (χ4n) is 3.82. The second kappa shape index (κ2) is 3.64. The molecule has 18 heavy (non-hydrogen) atoms. The normalized spacial score (nSPS) is 30.4. The average molecular weight is 263 g/mol. The summed E-state index contributed by atoms with van der Waals surface area (Å²) in [5, 5.41) is 16.8. The van der Waals surface area contributed by atoms with Gasteiger partial charge in [0.05, 0.1) is 5.69 Å². The second-order valence-electron chi connectivity index (χ2n) is 5.60. The predicted octanol–water partition coefficient (Wildman–Crippen LogP) is 4.53. The third-order valence-electron chi connectivity index (χ3n) is 4.66. The summed E-state index contributed by atoms with van der Waals surface area (Å²) in [5.74, 6) is 1.91. The van der Waals surface area contributed by atoms with Gasteiger partial charge in [-0.05, 0) is 43.2 Å². The van der Waals surface area contributed by atoms with Crippen molar-refractivity contribution in [1.29, 1.82) is 0 Å². The highest BCUT2D eigenvalue weighted by molar-refractivity contribution is 6.36. The van der Waals surface area contributed by atoms with Crippen LogP contribution in [0.5, 0.6) is 5.75 Å². The number of aromatic nitrogens is 1. The minimum Gasteiger partial charge on any atom is -0.354 e. The van der Waals surface area contributed by atoms with Crippen LogP contribution in [-0.2, 0) is 5.11 Å². The van der Waals surface area contributed by atoms with Crippen molar-refractivity contribution in [2.75, 3.05) is 0 Å². The van der Waals surface area contributed by atoms with E-state index < -0.39 is 0 Å². The first-order chi connectivity index (χ1) is 8.74. The predicted molar refractivity (Wildman–Crippen MR) is 67.3 cm³/mol. The molecule has 2 fully saturated rings. The maximum absolute atomic E-state index is 11.5. The summed E-state index contributed by atoms with van der Waals surface area (Å²) in [4.78, 5) is 0. The molecule has 3 nitrogen and oxygen atoms in total. The van der Waals surface area contributed by atoms with Crippen LogP contribution >= 0.6 is 11.6 Å². The maximum atomic E-state index is 11.5. The molecule has 2 aromatic rings. The Balaban J connectivity index is 1.84. The molecule has 3 unspecified atom stereocenters. The molecule has 1 heterocycles. The van der Waals surface area contributed by atoms with E-state index in [9.17, 15) is 5.11 Å². The molecule has 0 amide bonds. The van der Waals surface area contributed by atoms with E-state index in [-0.39, 0.29) is 10.8 Å². The molecule has 93 valence electrons. The molecule has 0 saturated heterocycles. The summed E-state index contributed by atoms with van der Waals surface area (Å²) in [6.45, 7) is 0. The van der Waals surface area contributed by atoms with Gasteiger partial charge >= 0.3 is 0 Å². The standard InChI is InChI=1S/C14H13ClNO2/c15-12-11(17)4-3-9-13(16-18-14(9)12)10-6-7-1-2-8(10)5-7/h3-4,7-8,10H,1-2,5-6H2. The monoisotopic (exact) mass is 262 g/mol. The molecule has 0 aliphatic heterocycles. The number of rotatable bonds is 1. The Morgan fingerprint density at radius 2 is 2.17 bits per heavy atom. The topological polar surface area (TPSA) is 45.9 Å². The van der Waals surface area contributed by atoms with Crippen molar-refractivity contribution >= 4 is 22.6 Å². The molecular formula is C14H13ClNO2. The van der Waals surface area contributed by atoms with E-state index >= 15 is 0 Å². The van der Waals surface area contributed by atoms with E-state index in [1.807, 2.05) is 0 Å². The van der Waals surface area contributed by atoms with Crippen LogP contribution in [0, 0.1) is 11.8 Å². The summed E-state index contributed by atoms with van der Waals surface area (Å²) in [5.41, 5.74) is 1.47. The van der Waals surface area contributed by atoms with E-state index in [4.69, 9.17) is 16.1 Å². The van der Waals surface area contributed by atoms with E-state index in [1.54, 1.807) is 6.07 Å². The number of hydrogen-bond acceptors (Lipinski definition) is 2. The van der Waals surface area contributed by atoms with Gasteiger partial charge in [-0.1, -0.05) is 23.2 Å². The van der Waals surface area contributed by atoms with Crippen molar-refractivity contribution < 1.29 is 9.63 Å². The highest BCUT2D eigenvalue weighted by Gasteiger charge is 2.42. The molecule has 4 heteroatoms. The van der Waals surface area contributed by atoms with Crippen molar-refractivity contribution in [3.63, 3.8) is 0 Å². The highest BCUT2D eigenvalue weighted by atomic mass is 35.5. The molecule has 0 N–H and O–H groups in total. The zero-order valence-corrected chi connectivity index (χ0v) is 10.6. The van der Waals surface area contributed by atoms with Crippen LogP contribution in [0.15, 0.2) is 16.7 Å². The van der Waals surface area contributed by atoms with Crippen LogP contribution in [0.3, 0.4) is 0 Å². The van der Waals surface area contributed by atoms with Gasteiger partial charge in [0, 0.05) is 11.3 Å². The Labute approximate surface area is 110 Å². The lowest BCUT2D eigenvalue weighted by atomic mass is 9.85. The maximum Gasteiger partial charge on any atom is 0.201 e. The molecule has 1 aromatic heterocycles. The average Bonchev–Trinajstić information content (AvgIpc) is 3.07. The van der Waals surface area contributed by atoms with Crippen molar-refractivity contribution in [2.24, 2.45) is 11.8 Å². The Morgan fingerprint density at radius 1 is 1.28 bits per heavy atom. The van der Waals surface area contributed by atoms with Crippen molar-refractivity contribution in [3.8, 4) is 5.75 Å². The molecule has 2 saturated carbocycles. The molecule has 2 bridgehead atoms. The van der Waals surface area contributed by atoms with Crippen LogP contribution in [0.2, 0.25) is 5.02 Å². The SMILES string of the molecule is [O]c1ccc2c(C3CC4CCC3C4)noc2c1Cl. The largest absolute Gasteiger partial charge is 0.354 e. The first-order valence-corrected chi connectivity index (χ1v) is 6.86. The van der Waals surface area contributed by atoms with E-state index in [1.165, 1.54) is 31.7 Å². The Hall–Kier alpha value is -1.22. The number of fused-ring (bicyclic) bond motifs is 3. The first kappa shape index (κ1) is 10.7. The molecule has 0 spiro atoms. The third-order valence-corrected chi connectivity index (χ3v) is 5.02. The number of halogens is 1. The van der Waals surface area contributed by atoms with Gasteiger partial charge in [0.25, 0.3) is 0 Å². The number of hydrogen-bond donors (Lipinski definition) is 0. The van der Waals surface area contributed by atoms with E-state index in [0.29, 0.717) is 11.5 Å².